The lowest BCUT2D eigenvalue weighted by Gasteiger charge is -2.17. The summed E-state index contributed by atoms with van der Waals surface area (Å²) in [5.41, 5.74) is 0. The number of hydrogen-bond donors (Lipinski definition) is 0. The van der Waals surface area contributed by atoms with Gasteiger partial charge in [0.2, 0.25) is 0 Å². The van der Waals surface area contributed by atoms with Crippen LogP contribution in [0.25, 0.3) is 0 Å². The van der Waals surface area contributed by atoms with Gasteiger partial charge in [-0.3, -0.25) is 0 Å². The highest BCUT2D eigenvalue weighted by atomic mass is 35.5. The van der Waals surface area contributed by atoms with Gasteiger partial charge in [0.05, 0.1) is 27.7 Å². The van der Waals surface area contributed by atoms with Crippen molar-refractivity contribution < 1.29 is 8.42 Å². The lowest BCUT2D eigenvalue weighted by atomic mass is 10.2. The Morgan fingerprint density at radius 1 is 1.40 bits per heavy atom. The van der Waals surface area contributed by atoms with Crippen LogP contribution < -0.4 is 0 Å². The molecule has 0 amide bonds. The van der Waals surface area contributed by atoms with E-state index in [-0.39, 0.29) is 21.6 Å². The maximum atomic E-state index is 12.2. The van der Waals surface area contributed by atoms with E-state index in [0.29, 0.717) is 18.1 Å². The van der Waals surface area contributed by atoms with Crippen molar-refractivity contribution in [1.29, 1.82) is 5.26 Å². The molecule has 1 rings (SSSR count). The largest absolute Gasteiger partial charge is 0.304 e. The van der Waals surface area contributed by atoms with E-state index in [4.69, 9.17) is 28.5 Å². The monoisotopic (exact) mass is 334 g/mol. The molecule has 0 saturated heterocycles. The first-order chi connectivity index (χ1) is 9.26. The van der Waals surface area contributed by atoms with E-state index in [1.54, 1.807) is 20.0 Å². The SMILES string of the molecule is C[C@H](C#N)CN(C)CCS(=O)(=O)c1cc(Cl)ccc1Cl. The average Bonchev–Trinajstić information content (AvgIpc) is 2.39. The fourth-order valence-corrected chi connectivity index (χ4v) is 3.85. The molecule has 0 radical (unpaired) electrons. The lowest BCUT2D eigenvalue weighted by molar-refractivity contribution is 0.327. The maximum Gasteiger partial charge on any atom is 0.181 e. The van der Waals surface area contributed by atoms with Crippen LogP contribution in [0.3, 0.4) is 0 Å². The second-order valence-corrected chi connectivity index (χ2v) is 7.61. The minimum absolute atomic E-state index is 0.0494. The summed E-state index contributed by atoms with van der Waals surface area (Å²) in [7, 11) is -1.71. The van der Waals surface area contributed by atoms with Gasteiger partial charge in [0.1, 0.15) is 0 Å². The highest BCUT2D eigenvalue weighted by Crippen LogP contribution is 2.25. The molecule has 110 valence electrons. The molecule has 4 nitrogen and oxygen atoms in total. The van der Waals surface area contributed by atoms with E-state index in [2.05, 4.69) is 6.07 Å². The van der Waals surface area contributed by atoms with Gasteiger partial charge in [-0.2, -0.15) is 5.26 Å². The van der Waals surface area contributed by atoms with Gasteiger partial charge in [0, 0.05) is 18.1 Å². The van der Waals surface area contributed by atoms with Crippen molar-refractivity contribution in [2.45, 2.75) is 11.8 Å². The molecule has 0 aromatic heterocycles. The van der Waals surface area contributed by atoms with Crippen LogP contribution in [0, 0.1) is 17.2 Å². The highest BCUT2D eigenvalue weighted by molar-refractivity contribution is 7.91. The highest BCUT2D eigenvalue weighted by Gasteiger charge is 2.19. The van der Waals surface area contributed by atoms with Crippen LogP contribution in [0.2, 0.25) is 10.0 Å². The van der Waals surface area contributed by atoms with Crippen molar-refractivity contribution in [3.05, 3.63) is 28.2 Å². The number of hydrogen-bond acceptors (Lipinski definition) is 4. The smallest absolute Gasteiger partial charge is 0.181 e. The molecular formula is C13H16Cl2N2O2S. The Balaban J connectivity index is 2.76. The Morgan fingerprint density at radius 2 is 2.05 bits per heavy atom. The quantitative estimate of drug-likeness (QED) is 0.802. The van der Waals surface area contributed by atoms with Gasteiger partial charge in [-0.25, -0.2) is 8.42 Å². The Morgan fingerprint density at radius 3 is 2.65 bits per heavy atom. The first-order valence-electron chi connectivity index (χ1n) is 6.02. The minimum atomic E-state index is -3.49. The third kappa shape index (κ3) is 4.95. The predicted octanol–water partition coefficient (Wildman–Crippen LogP) is 2.86. The summed E-state index contributed by atoms with van der Waals surface area (Å²) in [5, 5.41) is 9.23. The van der Waals surface area contributed by atoms with E-state index in [9.17, 15) is 8.42 Å². The number of nitrogens with zero attached hydrogens (tertiary/aromatic N) is 2. The molecule has 1 aromatic carbocycles. The second kappa shape index (κ2) is 7.28. The van der Waals surface area contributed by atoms with Crippen LogP contribution >= 0.6 is 23.2 Å². The molecule has 1 aromatic rings. The molecule has 0 aliphatic carbocycles. The van der Waals surface area contributed by atoms with Crippen molar-refractivity contribution in [3.8, 4) is 6.07 Å². The molecule has 1 atom stereocenters. The fraction of sp³-hybridized carbons (Fsp3) is 0.462. The van der Waals surface area contributed by atoms with E-state index in [0.717, 1.165) is 0 Å². The summed E-state index contributed by atoms with van der Waals surface area (Å²) < 4.78 is 24.5. The maximum absolute atomic E-state index is 12.2. The topological polar surface area (TPSA) is 61.2 Å². The number of sulfone groups is 1. The summed E-state index contributed by atoms with van der Waals surface area (Å²) in [6, 6.07) is 6.49. The third-order valence-corrected chi connectivity index (χ3v) is 5.18. The van der Waals surface area contributed by atoms with Gasteiger partial charge in [-0.05, 0) is 32.2 Å². The first-order valence-corrected chi connectivity index (χ1v) is 8.43. The molecule has 0 aliphatic rings. The van der Waals surface area contributed by atoms with E-state index >= 15 is 0 Å². The van der Waals surface area contributed by atoms with E-state index in [1.165, 1.54) is 12.1 Å². The van der Waals surface area contributed by atoms with Crippen LogP contribution in [-0.2, 0) is 9.84 Å². The third-order valence-electron chi connectivity index (χ3n) is 2.78. The molecule has 0 bridgehead atoms. The van der Waals surface area contributed by atoms with Gasteiger partial charge in [-0.1, -0.05) is 23.2 Å². The van der Waals surface area contributed by atoms with Crippen LogP contribution in [0.1, 0.15) is 6.92 Å². The first kappa shape index (κ1) is 17.3. The van der Waals surface area contributed by atoms with Crippen molar-refractivity contribution in [2.75, 3.05) is 25.9 Å². The van der Waals surface area contributed by atoms with Gasteiger partial charge >= 0.3 is 0 Å². The Hall–Kier alpha value is -0.800. The van der Waals surface area contributed by atoms with Gasteiger partial charge in [0.15, 0.2) is 9.84 Å². The minimum Gasteiger partial charge on any atom is -0.304 e. The summed E-state index contributed by atoms with van der Waals surface area (Å²) >= 11 is 11.7. The lowest BCUT2D eigenvalue weighted by Crippen LogP contribution is -2.29. The van der Waals surface area contributed by atoms with Gasteiger partial charge in [-0.15, -0.1) is 0 Å². The molecular weight excluding hydrogens is 319 g/mol. The van der Waals surface area contributed by atoms with Crippen molar-refractivity contribution >= 4 is 33.0 Å². The molecule has 0 N–H and O–H groups in total. The number of benzene rings is 1. The molecule has 0 unspecified atom stereocenters. The fourth-order valence-electron chi connectivity index (χ4n) is 1.70. The Kier molecular flexibility index (Phi) is 6.28. The van der Waals surface area contributed by atoms with Crippen LogP contribution in [0.5, 0.6) is 0 Å². The number of nitriles is 1. The molecule has 0 fully saturated rings. The second-order valence-electron chi connectivity index (χ2n) is 4.69. The van der Waals surface area contributed by atoms with Crippen LogP contribution in [-0.4, -0.2) is 39.2 Å². The van der Waals surface area contributed by atoms with Crippen LogP contribution in [0.15, 0.2) is 23.1 Å². The zero-order valence-electron chi connectivity index (χ0n) is 11.3. The van der Waals surface area contributed by atoms with E-state index in [1.807, 2.05) is 4.90 Å². The van der Waals surface area contributed by atoms with Gasteiger partial charge < -0.3 is 4.90 Å². The standard InChI is InChI=1S/C13H16Cl2N2O2S/c1-10(8-16)9-17(2)5-6-20(18,19)13-7-11(14)3-4-12(13)15/h3-4,7,10H,5-6,9H2,1-2H3/t10-/m1/s1. The molecule has 0 saturated carbocycles. The van der Waals surface area contributed by atoms with Crippen molar-refractivity contribution in [3.63, 3.8) is 0 Å². The van der Waals surface area contributed by atoms with E-state index < -0.39 is 9.84 Å². The summed E-state index contributed by atoms with van der Waals surface area (Å²) in [6.45, 7) is 2.64. The Labute approximate surface area is 129 Å². The van der Waals surface area contributed by atoms with Crippen LogP contribution in [0.4, 0.5) is 0 Å². The van der Waals surface area contributed by atoms with Gasteiger partial charge in [0.25, 0.3) is 0 Å². The van der Waals surface area contributed by atoms with Crippen molar-refractivity contribution in [1.82, 2.24) is 4.90 Å². The summed E-state index contributed by atoms with van der Waals surface area (Å²) in [4.78, 5) is 1.86. The normalized spacial score (nSPS) is 13.2. The molecule has 0 spiro atoms. The summed E-state index contributed by atoms with van der Waals surface area (Å²) in [6.07, 6.45) is 0. The predicted molar refractivity (Wildman–Crippen MR) is 80.8 cm³/mol. The van der Waals surface area contributed by atoms with Crippen molar-refractivity contribution in [2.24, 2.45) is 5.92 Å². The molecule has 7 heteroatoms. The number of halogens is 2. The summed E-state index contributed by atoms with van der Waals surface area (Å²) in [5.74, 6) is -0.209. The zero-order valence-corrected chi connectivity index (χ0v) is 13.6. The number of rotatable bonds is 6. The molecule has 20 heavy (non-hydrogen) atoms. The Bertz CT molecular complexity index is 611. The zero-order chi connectivity index (χ0) is 15.3. The molecule has 0 heterocycles. The molecule has 0 aliphatic heterocycles. The average molecular weight is 335 g/mol.